The van der Waals surface area contributed by atoms with Gasteiger partial charge in [-0.3, -0.25) is 4.98 Å². The minimum absolute atomic E-state index is 0.171. The first kappa shape index (κ1) is 8.97. The van der Waals surface area contributed by atoms with E-state index >= 15 is 0 Å². The van der Waals surface area contributed by atoms with Gasteiger partial charge in [-0.25, -0.2) is 0 Å². The van der Waals surface area contributed by atoms with Gasteiger partial charge in [0.1, 0.15) is 0 Å². The zero-order valence-corrected chi connectivity index (χ0v) is 9.21. The van der Waals surface area contributed by atoms with Gasteiger partial charge in [0, 0.05) is 20.9 Å². The molecule has 0 amide bonds. The third-order valence-electron chi connectivity index (χ3n) is 1.50. The van der Waals surface area contributed by atoms with Crippen molar-refractivity contribution in [1.29, 1.82) is 0 Å². The summed E-state index contributed by atoms with van der Waals surface area (Å²) in [5.74, 6) is 0. The van der Waals surface area contributed by atoms with E-state index in [9.17, 15) is 0 Å². The summed E-state index contributed by atoms with van der Waals surface area (Å²) in [6.45, 7) is 6.51. The van der Waals surface area contributed by atoms with E-state index in [4.69, 9.17) is 0 Å². The summed E-state index contributed by atoms with van der Waals surface area (Å²) in [6.07, 6.45) is 1.90. The molecule has 1 rings (SSSR count). The number of pyridine rings is 1. The molecule has 1 aromatic rings. The van der Waals surface area contributed by atoms with Crippen LogP contribution in [0.1, 0.15) is 26.5 Å². The molecule has 0 aliphatic rings. The monoisotopic (exact) mass is 261 g/mol. The normalized spacial score (nSPS) is 11.6. The van der Waals surface area contributed by atoms with Crippen LogP contribution in [-0.4, -0.2) is 4.98 Å². The average molecular weight is 261 g/mol. The molecule has 0 spiro atoms. The van der Waals surface area contributed by atoms with E-state index in [1.165, 1.54) is 3.57 Å². The van der Waals surface area contributed by atoms with Crippen LogP contribution in [0.5, 0.6) is 0 Å². The fourth-order valence-electron chi connectivity index (χ4n) is 0.819. The first-order valence-electron chi connectivity index (χ1n) is 3.62. The zero-order valence-electron chi connectivity index (χ0n) is 7.06. The van der Waals surface area contributed by atoms with Gasteiger partial charge < -0.3 is 0 Å². The Labute approximate surface area is 81.4 Å². The minimum atomic E-state index is 0.171. The van der Waals surface area contributed by atoms with Crippen molar-refractivity contribution in [2.24, 2.45) is 0 Å². The Bertz CT molecular complexity index is 233. The molecule has 0 fully saturated rings. The van der Waals surface area contributed by atoms with Gasteiger partial charge in [0.05, 0.1) is 0 Å². The van der Waals surface area contributed by atoms with Gasteiger partial charge in [0.2, 0.25) is 0 Å². The molecular formula is C9H12IN. The second-order valence-corrected chi connectivity index (χ2v) is 4.86. The molecule has 0 unspecified atom stereocenters. The second kappa shape index (κ2) is 3.09. The summed E-state index contributed by atoms with van der Waals surface area (Å²) in [5.41, 5.74) is 1.32. The lowest BCUT2D eigenvalue weighted by Crippen LogP contribution is -2.12. The van der Waals surface area contributed by atoms with E-state index in [-0.39, 0.29) is 5.41 Å². The Morgan fingerprint density at radius 3 is 2.27 bits per heavy atom. The van der Waals surface area contributed by atoms with Gasteiger partial charge in [-0.05, 0) is 34.7 Å². The van der Waals surface area contributed by atoms with Crippen molar-refractivity contribution in [1.82, 2.24) is 4.98 Å². The van der Waals surface area contributed by atoms with E-state index < -0.39 is 0 Å². The summed E-state index contributed by atoms with van der Waals surface area (Å²) >= 11 is 2.26. The summed E-state index contributed by atoms with van der Waals surface area (Å²) in [4.78, 5) is 4.34. The lowest BCUT2D eigenvalue weighted by molar-refractivity contribution is 0.568. The number of nitrogens with zero attached hydrogens (tertiary/aromatic N) is 1. The van der Waals surface area contributed by atoms with Crippen LogP contribution >= 0.6 is 22.6 Å². The second-order valence-electron chi connectivity index (χ2n) is 3.61. The number of hydrogen-bond acceptors (Lipinski definition) is 1. The van der Waals surface area contributed by atoms with Crippen LogP contribution in [0.15, 0.2) is 18.3 Å². The fraction of sp³-hybridized carbons (Fsp3) is 0.444. The summed E-state index contributed by atoms with van der Waals surface area (Å²) in [6, 6.07) is 4.18. The van der Waals surface area contributed by atoms with Crippen LogP contribution < -0.4 is 0 Å². The van der Waals surface area contributed by atoms with Gasteiger partial charge in [-0.2, -0.15) is 0 Å². The molecule has 0 atom stereocenters. The zero-order chi connectivity index (χ0) is 8.48. The Kier molecular flexibility index (Phi) is 2.52. The van der Waals surface area contributed by atoms with Crippen molar-refractivity contribution >= 4 is 22.6 Å². The maximum absolute atomic E-state index is 4.34. The van der Waals surface area contributed by atoms with Crippen molar-refractivity contribution in [3.8, 4) is 0 Å². The molecule has 2 heteroatoms. The predicted molar refractivity (Wildman–Crippen MR) is 55.7 cm³/mol. The smallest absolute Gasteiger partial charge is 0.0457 e. The lowest BCUT2D eigenvalue weighted by atomic mass is 9.92. The maximum atomic E-state index is 4.34. The van der Waals surface area contributed by atoms with Crippen LogP contribution in [-0.2, 0) is 5.41 Å². The van der Waals surface area contributed by atoms with Crippen LogP contribution in [0.4, 0.5) is 0 Å². The lowest BCUT2D eigenvalue weighted by Gasteiger charge is -2.16. The first-order valence-corrected chi connectivity index (χ1v) is 4.70. The van der Waals surface area contributed by atoms with E-state index in [0.717, 1.165) is 5.69 Å². The van der Waals surface area contributed by atoms with Crippen LogP contribution in [0.25, 0.3) is 0 Å². The quantitative estimate of drug-likeness (QED) is 0.654. The Hall–Kier alpha value is -0.120. The van der Waals surface area contributed by atoms with Gasteiger partial charge in [-0.15, -0.1) is 0 Å². The van der Waals surface area contributed by atoms with Gasteiger partial charge in [-0.1, -0.05) is 20.8 Å². The molecule has 0 saturated carbocycles. The molecule has 1 aromatic heterocycles. The molecule has 0 saturated heterocycles. The van der Waals surface area contributed by atoms with Gasteiger partial charge in [0.15, 0.2) is 0 Å². The summed E-state index contributed by atoms with van der Waals surface area (Å²) < 4.78 is 1.19. The molecular weight excluding hydrogens is 249 g/mol. The van der Waals surface area contributed by atoms with Gasteiger partial charge >= 0.3 is 0 Å². The molecule has 11 heavy (non-hydrogen) atoms. The van der Waals surface area contributed by atoms with Crippen molar-refractivity contribution in [3.05, 3.63) is 27.6 Å². The van der Waals surface area contributed by atoms with E-state index in [1.54, 1.807) is 0 Å². The van der Waals surface area contributed by atoms with Crippen molar-refractivity contribution in [2.75, 3.05) is 0 Å². The Balaban J connectivity index is 2.99. The molecule has 0 radical (unpaired) electrons. The average Bonchev–Trinajstić information content (AvgIpc) is 1.86. The third-order valence-corrected chi connectivity index (χ3v) is 2.13. The highest BCUT2D eigenvalue weighted by Gasteiger charge is 2.13. The van der Waals surface area contributed by atoms with E-state index in [0.29, 0.717) is 0 Å². The number of halogens is 1. The Morgan fingerprint density at radius 2 is 1.91 bits per heavy atom. The largest absolute Gasteiger partial charge is 0.260 e. The summed E-state index contributed by atoms with van der Waals surface area (Å²) in [5, 5.41) is 0. The maximum Gasteiger partial charge on any atom is 0.0457 e. The highest BCUT2D eigenvalue weighted by molar-refractivity contribution is 14.1. The number of hydrogen-bond donors (Lipinski definition) is 0. The molecule has 0 N–H and O–H groups in total. The molecule has 1 nitrogen and oxygen atoms in total. The minimum Gasteiger partial charge on any atom is -0.260 e. The van der Waals surface area contributed by atoms with Crippen LogP contribution in [0.3, 0.4) is 0 Å². The van der Waals surface area contributed by atoms with E-state index in [1.807, 2.05) is 6.20 Å². The van der Waals surface area contributed by atoms with Gasteiger partial charge in [0.25, 0.3) is 0 Å². The van der Waals surface area contributed by atoms with Crippen LogP contribution in [0, 0.1) is 3.57 Å². The predicted octanol–water partition coefficient (Wildman–Crippen LogP) is 2.98. The molecule has 0 aliphatic carbocycles. The number of aromatic nitrogens is 1. The molecule has 60 valence electrons. The highest BCUT2D eigenvalue weighted by Crippen LogP contribution is 2.19. The highest BCUT2D eigenvalue weighted by atomic mass is 127. The van der Waals surface area contributed by atoms with E-state index in [2.05, 4.69) is 60.5 Å². The van der Waals surface area contributed by atoms with Crippen molar-refractivity contribution in [2.45, 2.75) is 26.2 Å². The van der Waals surface area contributed by atoms with Crippen LogP contribution in [0.2, 0.25) is 0 Å². The fourth-order valence-corrected chi connectivity index (χ4v) is 1.14. The first-order chi connectivity index (χ1) is 5.00. The molecule has 0 aromatic carbocycles. The molecule has 1 heterocycles. The summed E-state index contributed by atoms with van der Waals surface area (Å²) in [7, 11) is 0. The number of rotatable bonds is 0. The Morgan fingerprint density at radius 1 is 1.27 bits per heavy atom. The molecule has 0 bridgehead atoms. The topological polar surface area (TPSA) is 12.9 Å². The third kappa shape index (κ3) is 2.43. The SMILES string of the molecule is CC(C)(C)c1ccc(I)cn1. The van der Waals surface area contributed by atoms with Crippen molar-refractivity contribution in [3.63, 3.8) is 0 Å². The van der Waals surface area contributed by atoms with Crippen molar-refractivity contribution < 1.29 is 0 Å². The molecule has 0 aliphatic heterocycles. The standard InChI is InChI=1S/C9H12IN/c1-9(2,3)8-5-4-7(10)6-11-8/h4-6H,1-3H3.